The first-order valence-electron chi connectivity index (χ1n) is 10.9. The predicted octanol–water partition coefficient (Wildman–Crippen LogP) is 3.57. The van der Waals surface area contributed by atoms with Gasteiger partial charge >= 0.3 is 11.9 Å². The number of hydrogen-bond donors (Lipinski definition) is 0. The molecule has 2 aromatic heterocycles. The minimum Gasteiger partial charge on any atom is -0.469 e. The van der Waals surface area contributed by atoms with E-state index in [9.17, 15) is 14.4 Å². The molecule has 1 aliphatic rings. The lowest BCUT2D eigenvalue weighted by Gasteiger charge is -2.30. The monoisotopic (exact) mass is 479 g/mol. The molecule has 3 aromatic rings. The molecule has 0 N–H and O–H groups in total. The maximum atomic E-state index is 12.4. The number of aromatic nitrogens is 2. The second kappa shape index (κ2) is 10.9. The van der Waals surface area contributed by atoms with Crippen LogP contribution in [0.3, 0.4) is 0 Å². The van der Waals surface area contributed by atoms with Gasteiger partial charge in [-0.3, -0.25) is 9.59 Å². The van der Waals surface area contributed by atoms with E-state index in [1.165, 1.54) is 13.2 Å². The summed E-state index contributed by atoms with van der Waals surface area (Å²) in [5.41, 5.74) is 2.43. The highest BCUT2D eigenvalue weighted by Crippen LogP contribution is 2.28. The Kier molecular flexibility index (Phi) is 7.54. The van der Waals surface area contributed by atoms with Gasteiger partial charge < -0.3 is 14.4 Å². The van der Waals surface area contributed by atoms with Gasteiger partial charge in [-0.25, -0.2) is 9.48 Å². The van der Waals surface area contributed by atoms with Crippen LogP contribution in [-0.2, 0) is 23.9 Å². The fourth-order valence-electron chi connectivity index (χ4n) is 3.79. The van der Waals surface area contributed by atoms with E-state index in [-0.39, 0.29) is 24.4 Å². The number of nitrogens with zero attached hydrogens (tertiary/aromatic N) is 3. The van der Waals surface area contributed by atoms with Crippen molar-refractivity contribution in [3.8, 4) is 16.3 Å². The third kappa shape index (κ3) is 5.60. The molecule has 0 bridgehead atoms. The Morgan fingerprint density at radius 1 is 1.12 bits per heavy atom. The zero-order valence-electron chi connectivity index (χ0n) is 18.8. The summed E-state index contributed by atoms with van der Waals surface area (Å²) in [4.78, 5) is 38.9. The van der Waals surface area contributed by atoms with Gasteiger partial charge in [0, 0.05) is 30.9 Å². The molecule has 0 aliphatic carbocycles. The molecule has 1 aliphatic heterocycles. The Bertz CT molecular complexity index is 1160. The van der Waals surface area contributed by atoms with Crippen LogP contribution < -0.4 is 0 Å². The van der Waals surface area contributed by atoms with Gasteiger partial charge in [0.1, 0.15) is 5.69 Å². The number of ether oxygens (including phenoxy) is 2. The standard InChI is InChI=1S/C25H25N3O5S/c1-32-25(31)18-11-13-27(14-12-18)22(29)17-33-23(30)10-9-19-16-28(20-6-3-2-4-7-20)26-24(19)21-8-5-15-34-21/h2-10,15-16,18H,11-14,17H2,1H3/b10-9+. The second-order valence-corrected chi connectivity index (χ2v) is 8.76. The number of rotatable bonds is 7. The Morgan fingerprint density at radius 2 is 1.88 bits per heavy atom. The Balaban J connectivity index is 1.37. The minimum atomic E-state index is -0.609. The summed E-state index contributed by atoms with van der Waals surface area (Å²) in [5.74, 6) is -1.32. The number of amides is 1. The molecule has 0 spiro atoms. The highest BCUT2D eigenvalue weighted by Gasteiger charge is 2.28. The zero-order chi connectivity index (χ0) is 23.9. The molecule has 8 nitrogen and oxygen atoms in total. The SMILES string of the molecule is COC(=O)C1CCN(C(=O)COC(=O)/C=C/c2cn(-c3ccccc3)nc2-c2cccs2)CC1. The highest BCUT2D eigenvalue weighted by molar-refractivity contribution is 7.13. The molecule has 9 heteroatoms. The molecule has 1 amide bonds. The topological polar surface area (TPSA) is 90.7 Å². The fourth-order valence-corrected chi connectivity index (χ4v) is 4.52. The number of piperidine rings is 1. The quantitative estimate of drug-likeness (QED) is 0.380. The van der Waals surface area contributed by atoms with E-state index in [4.69, 9.17) is 14.6 Å². The molecule has 4 rings (SSSR count). The summed E-state index contributed by atoms with van der Waals surface area (Å²) < 4.78 is 11.7. The molecular weight excluding hydrogens is 454 g/mol. The molecule has 3 heterocycles. The van der Waals surface area contributed by atoms with Gasteiger partial charge in [-0.2, -0.15) is 5.10 Å². The summed E-state index contributed by atoms with van der Waals surface area (Å²) in [7, 11) is 1.36. The smallest absolute Gasteiger partial charge is 0.331 e. The van der Waals surface area contributed by atoms with E-state index in [1.54, 1.807) is 27.0 Å². The number of likely N-dealkylation sites (tertiary alicyclic amines) is 1. The summed E-state index contributed by atoms with van der Waals surface area (Å²) in [6.45, 7) is 0.538. The van der Waals surface area contributed by atoms with Crippen molar-refractivity contribution in [2.45, 2.75) is 12.8 Å². The molecule has 0 saturated carbocycles. The largest absolute Gasteiger partial charge is 0.469 e. The molecular formula is C25H25N3O5S. The maximum absolute atomic E-state index is 12.4. The van der Waals surface area contributed by atoms with Crippen molar-refractivity contribution in [3.05, 3.63) is 65.7 Å². The Morgan fingerprint density at radius 3 is 2.56 bits per heavy atom. The van der Waals surface area contributed by atoms with Gasteiger partial charge in [-0.15, -0.1) is 11.3 Å². The molecule has 1 aromatic carbocycles. The van der Waals surface area contributed by atoms with E-state index >= 15 is 0 Å². The van der Waals surface area contributed by atoms with Crippen LogP contribution in [0.5, 0.6) is 0 Å². The molecule has 0 radical (unpaired) electrons. The normalized spacial score (nSPS) is 14.3. The highest BCUT2D eigenvalue weighted by atomic mass is 32.1. The Hall–Kier alpha value is -3.72. The number of methoxy groups -OCH3 is 1. The summed E-state index contributed by atoms with van der Waals surface area (Å²) in [5, 5.41) is 6.66. The van der Waals surface area contributed by atoms with Crippen LogP contribution in [0.15, 0.2) is 60.1 Å². The van der Waals surface area contributed by atoms with Crippen LogP contribution in [0.4, 0.5) is 0 Å². The first kappa shape index (κ1) is 23.4. The minimum absolute atomic E-state index is 0.186. The van der Waals surface area contributed by atoms with Gasteiger partial charge in [0.2, 0.25) is 0 Å². The van der Waals surface area contributed by atoms with Gasteiger partial charge in [-0.1, -0.05) is 24.3 Å². The van der Waals surface area contributed by atoms with Crippen molar-refractivity contribution in [3.63, 3.8) is 0 Å². The first-order valence-corrected chi connectivity index (χ1v) is 11.8. The molecule has 1 saturated heterocycles. The van der Waals surface area contributed by atoms with Gasteiger partial charge in [0.25, 0.3) is 5.91 Å². The molecule has 1 fully saturated rings. The van der Waals surface area contributed by atoms with Crippen molar-refractivity contribution in [2.24, 2.45) is 5.92 Å². The van der Waals surface area contributed by atoms with E-state index in [1.807, 2.05) is 54.0 Å². The van der Waals surface area contributed by atoms with Crippen LogP contribution in [0.1, 0.15) is 18.4 Å². The van der Waals surface area contributed by atoms with Crippen molar-refractivity contribution in [1.29, 1.82) is 0 Å². The zero-order valence-corrected chi connectivity index (χ0v) is 19.6. The lowest BCUT2D eigenvalue weighted by atomic mass is 9.97. The van der Waals surface area contributed by atoms with Crippen molar-refractivity contribution in [1.82, 2.24) is 14.7 Å². The van der Waals surface area contributed by atoms with E-state index < -0.39 is 5.97 Å². The number of para-hydroxylation sites is 1. The molecule has 176 valence electrons. The lowest BCUT2D eigenvalue weighted by Crippen LogP contribution is -2.42. The second-order valence-electron chi connectivity index (χ2n) is 7.81. The average molecular weight is 480 g/mol. The molecule has 0 unspecified atom stereocenters. The van der Waals surface area contributed by atoms with E-state index in [2.05, 4.69) is 0 Å². The first-order chi connectivity index (χ1) is 16.5. The van der Waals surface area contributed by atoms with Crippen LogP contribution in [0.25, 0.3) is 22.3 Å². The van der Waals surface area contributed by atoms with Crippen molar-refractivity contribution < 1.29 is 23.9 Å². The van der Waals surface area contributed by atoms with E-state index in [0.29, 0.717) is 25.9 Å². The van der Waals surface area contributed by atoms with Crippen molar-refractivity contribution >= 4 is 35.3 Å². The molecule has 0 atom stereocenters. The summed E-state index contributed by atoms with van der Waals surface area (Å²) >= 11 is 1.56. The maximum Gasteiger partial charge on any atom is 0.331 e. The Labute approximate surface area is 201 Å². The van der Waals surface area contributed by atoms with Crippen LogP contribution in [0, 0.1) is 5.92 Å². The number of esters is 2. The van der Waals surface area contributed by atoms with Crippen LogP contribution in [0.2, 0.25) is 0 Å². The average Bonchev–Trinajstić information content (AvgIpc) is 3.56. The van der Waals surface area contributed by atoms with Crippen molar-refractivity contribution in [2.75, 3.05) is 26.8 Å². The van der Waals surface area contributed by atoms with Gasteiger partial charge in [0.15, 0.2) is 6.61 Å². The lowest BCUT2D eigenvalue weighted by molar-refractivity contribution is -0.151. The summed E-state index contributed by atoms with van der Waals surface area (Å²) in [6.07, 6.45) is 5.90. The number of carbonyl (C=O) groups is 3. The fraction of sp³-hybridized carbons (Fsp3) is 0.280. The molecule has 34 heavy (non-hydrogen) atoms. The predicted molar refractivity (Wildman–Crippen MR) is 128 cm³/mol. The number of thiophene rings is 1. The number of hydrogen-bond acceptors (Lipinski definition) is 7. The number of carbonyl (C=O) groups excluding carboxylic acids is 3. The van der Waals surface area contributed by atoms with E-state index in [0.717, 1.165) is 21.8 Å². The van der Waals surface area contributed by atoms with Crippen LogP contribution >= 0.6 is 11.3 Å². The summed E-state index contributed by atoms with van der Waals surface area (Å²) in [6, 6.07) is 13.6. The van der Waals surface area contributed by atoms with Gasteiger partial charge in [-0.05, 0) is 42.5 Å². The third-order valence-corrected chi connectivity index (χ3v) is 6.51. The van der Waals surface area contributed by atoms with Crippen LogP contribution in [-0.4, -0.2) is 59.3 Å². The van der Waals surface area contributed by atoms with Gasteiger partial charge in [0.05, 0.1) is 23.6 Å². The third-order valence-electron chi connectivity index (χ3n) is 5.64. The number of benzene rings is 1.